The van der Waals surface area contributed by atoms with E-state index in [0.29, 0.717) is 37.7 Å². The van der Waals surface area contributed by atoms with Crippen LogP contribution in [0.1, 0.15) is 37.9 Å². The number of allylic oxidation sites excluding steroid dienone is 1. The maximum Gasteiger partial charge on any atom is 0.338 e. The third-order valence-electron chi connectivity index (χ3n) is 6.40. The van der Waals surface area contributed by atoms with Gasteiger partial charge in [-0.2, -0.15) is 0 Å². The molecule has 2 heterocycles. The average Bonchev–Trinajstić information content (AvgIpc) is 3.22. The number of carbonyl (C=O) groups is 2. The Kier molecular flexibility index (Phi) is 7.17. The molecular weight excluding hydrogens is 516 g/mol. The van der Waals surface area contributed by atoms with Crippen LogP contribution in [0, 0.1) is 0 Å². The van der Waals surface area contributed by atoms with Crippen LogP contribution >= 0.6 is 11.3 Å². The van der Waals surface area contributed by atoms with Gasteiger partial charge in [-0.3, -0.25) is 14.2 Å². The number of para-hydroxylation sites is 1. The molecule has 0 radical (unpaired) electrons. The predicted molar refractivity (Wildman–Crippen MR) is 149 cm³/mol. The highest BCUT2D eigenvalue weighted by molar-refractivity contribution is 7.07. The number of methoxy groups -OCH3 is 1. The van der Waals surface area contributed by atoms with Crippen molar-refractivity contribution in [2.24, 2.45) is 4.99 Å². The number of rotatable bonds is 6. The molecule has 0 saturated carbocycles. The Morgan fingerprint density at radius 3 is 2.54 bits per heavy atom. The van der Waals surface area contributed by atoms with Gasteiger partial charge in [-0.25, -0.2) is 9.79 Å². The number of esters is 2. The number of fused-ring (bicyclic) bond motifs is 2. The minimum atomic E-state index is -0.841. The van der Waals surface area contributed by atoms with Crippen molar-refractivity contribution in [3.8, 4) is 11.5 Å². The SMILES string of the molecule is CCOC(=O)C1=C(C)N=c2s/c(=C\c3ccccc3OC(C)=O)c(=O)n2[C@H]1c1c(OC)ccc2ccccc12. The van der Waals surface area contributed by atoms with Gasteiger partial charge in [0.15, 0.2) is 4.80 Å². The number of benzene rings is 3. The number of hydrogen-bond donors (Lipinski definition) is 0. The van der Waals surface area contributed by atoms with Crippen molar-refractivity contribution in [1.82, 2.24) is 4.57 Å². The van der Waals surface area contributed by atoms with Crippen molar-refractivity contribution in [1.29, 1.82) is 0 Å². The second-order valence-corrected chi connectivity index (χ2v) is 9.85. The van der Waals surface area contributed by atoms with E-state index in [0.717, 1.165) is 10.8 Å². The van der Waals surface area contributed by atoms with E-state index in [1.165, 1.54) is 22.8 Å². The van der Waals surface area contributed by atoms with Gasteiger partial charge in [-0.05, 0) is 42.8 Å². The molecule has 39 heavy (non-hydrogen) atoms. The van der Waals surface area contributed by atoms with Crippen molar-refractivity contribution < 1.29 is 23.8 Å². The highest BCUT2D eigenvalue weighted by Gasteiger charge is 2.36. The van der Waals surface area contributed by atoms with Crippen molar-refractivity contribution in [3.63, 3.8) is 0 Å². The molecule has 1 aromatic heterocycles. The van der Waals surface area contributed by atoms with E-state index in [2.05, 4.69) is 4.99 Å². The molecule has 1 aliphatic heterocycles. The third-order valence-corrected chi connectivity index (χ3v) is 7.38. The maximum absolute atomic E-state index is 14.1. The first-order chi connectivity index (χ1) is 18.8. The lowest BCUT2D eigenvalue weighted by Crippen LogP contribution is -2.40. The molecular formula is C30H26N2O6S. The van der Waals surface area contributed by atoms with Gasteiger partial charge in [-0.15, -0.1) is 0 Å². The van der Waals surface area contributed by atoms with Crippen LogP contribution in [-0.4, -0.2) is 30.2 Å². The summed E-state index contributed by atoms with van der Waals surface area (Å²) in [5.74, 6) is -0.139. The molecule has 1 aliphatic rings. The van der Waals surface area contributed by atoms with Crippen molar-refractivity contribution in [2.45, 2.75) is 26.8 Å². The summed E-state index contributed by atoms with van der Waals surface area (Å²) in [6.45, 7) is 4.97. The highest BCUT2D eigenvalue weighted by atomic mass is 32.1. The van der Waals surface area contributed by atoms with Crippen LogP contribution in [0.2, 0.25) is 0 Å². The van der Waals surface area contributed by atoms with Crippen LogP contribution in [0.25, 0.3) is 16.8 Å². The molecule has 0 amide bonds. The lowest BCUT2D eigenvalue weighted by atomic mass is 9.90. The zero-order valence-corrected chi connectivity index (χ0v) is 22.7. The molecule has 5 rings (SSSR count). The van der Waals surface area contributed by atoms with E-state index < -0.39 is 18.0 Å². The average molecular weight is 543 g/mol. The van der Waals surface area contributed by atoms with E-state index in [1.54, 1.807) is 51.3 Å². The Morgan fingerprint density at radius 1 is 1.05 bits per heavy atom. The first-order valence-corrected chi connectivity index (χ1v) is 13.2. The van der Waals surface area contributed by atoms with E-state index in [-0.39, 0.29) is 17.7 Å². The molecule has 0 unspecified atom stereocenters. The molecule has 198 valence electrons. The third kappa shape index (κ3) is 4.77. The number of nitrogens with zero attached hydrogens (tertiary/aromatic N) is 2. The lowest BCUT2D eigenvalue weighted by Gasteiger charge is -2.27. The molecule has 4 aromatic rings. The highest BCUT2D eigenvalue weighted by Crippen LogP contribution is 2.40. The molecule has 0 saturated heterocycles. The minimum Gasteiger partial charge on any atom is -0.496 e. The Balaban J connectivity index is 1.83. The molecule has 0 fully saturated rings. The molecule has 8 nitrogen and oxygen atoms in total. The Bertz CT molecular complexity index is 1830. The summed E-state index contributed by atoms with van der Waals surface area (Å²) >= 11 is 1.19. The second kappa shape index (κ2) is 10.7. The molecule has 0 aliphatic carbocycles. The van der Waals surface area contributed by atoms with Crippen molar-refractivity contribution >= 4 is 40.1 Å². The summed E-state index contributed by atoms with van der Waals surface area (Å²) < 4.78 is 18.4. The van der Waals surface area contributed by atoms with Crippen LogP contribution in [0.5, 0.6) is 11.5 Å². The van der Waals surface area contributed by atoms with Crippen LogP contribution < -0.4 is 24.4 Å². The molecule has 0 bridgehead atoms. The molecule has 1 atom stereocenters. The first-order valence-electron chi connectivity index (χ1n) is 12.4. The number of carbonyl (C=O) groups excluding carboxylic acids is 2. The van der Waals surface area contributed by atoms with Gasteiger partial charge in [0.25, 0.3) is 5.56 Å². The zero-order valence-electron chi connectivity index (χ0n) is 21.9. The fourth-order valence-corrected chi connectivity index (χ4v) is 5.83. The van der Waals surface area contributed by atoms with Gasteiger partial charge in [0.1, 0.15) is 17.5 Å². The number of aromatic nitrogens is 1. The van der Waals surface area contributed by atoms with Crippen LogP contribution in [0.3, 0.4) is 0 Å². The van der Waals surface area contributed by atoms with E-state index in [1.807, 2.05) is 36.4 Å². The summed E-state index contributed by atoms with van der Waals surface area (Å²) in [6.07, 6.45) is 1.67. The van der Waals surface area contributed by atoms with Crippen molar-refractivity contribution in [2.75, 3.05) is 13.7 Å². The molecule has 3 aromatic carbocycles. The van der Waals surface area contributed by atoms with Gasteiger partial charge in [0.05, 0.1) is 29.5 Å². The van der Waals surface area contributed by atoms with Crippen LogP contribution in [0.4, 0.5) is 0 Å². The topological polar surface area (TPSA) is 96.2 Å². The van der Waals surface area contributed by atoms with Gasteiger partial charge in [-0.1, -0.05) is 59.9 Å². The normalized spacial score (nSPS) is 15.1. The Morgan fingerprint density at radius 2 is 1.79 bits per heavy atom. The second-order valence-electron chi connectivity index (χ2n) is 8.84. The standard InChI is InChI=1S/C30H26N2O6S/c1-5-37-29(35)25-17(2)31-30-32(27(25)26-21-12-8-6-10-19(21)14-15-23(26)36-4)28(34)24(39-30)16-20-11-7-9-13-22(20)38-18(3)33/h6-16,27H,5H2,1-4H3/b24-16-/t27-/m1/s1. The number of ether oxygens (including phenoxy) is 3. The van der Waals surface area contributed by atoms with Gasteiger partial charge in [0, 0.05) is 18.1 Å². The molecule has 0 spiro atoms. The predicted octanol–water partition coefficient (Wildman–Crippen LogP) is 3.89. The smallest absolute Gasteiger partial charge is 0.338 e. The Labute approximate surface area is 228 Å². The number of hydrogen-bond acceptors (Lipinski definition) is 8. The van der Waals surface area contributed by atoms with E-state index >= 15 is 0 Å². The zero-order chi connectivity index (χ0) is 27.7. The summed E-state index contributed by atoms with van der Waals surface area (Å²) in [5.41, 5.74) is 1.62. The van der Waals surface area contributed by atoms with Crippen molar-refractivity contribution in [3.05, 3.63) is 103 Å². The molecule has 9 heteroatoms. The summed E-state index contributed by atoms with van der Waals surface area (Å²) in [7, 11) is 1.56. The minimum absolute atomic E-state index is 0.173. The van der Waals surface area contributed by atoms with Crippen LogP contribution in [0.15, 0.2) is 81.7 Å². The van der Waals surface area contributed by atoms with Gasteiger partial charge >= 0.3 is 11.9 Å². The van der Waals surface area contributed by atoms with Crippen LogP contribution in [-0.2, 0) is 14.3 Å². The summed E-state index contributed by atoms with van der Waals surface area (Å²) in [5, 5.41) is 1.77. The maximum atomic E-state index is 14.1. The fourth-order valence-electron chi connectivity index (χ4n) is 4.79. The first kappa shape index (κ1) is 26.1. The fraction of sp³-hybridized carbons (Fsp3) is 0.200. The number of thiazole rings is 1. The quantitative estimate of drug-likeness (QED) is 0.271. The molecule has 0 N–H and O–H groups in total. The summed E-state index contributed by atoms with van der Waals surface area (Å²) in [6, 6.07) is 17.6. The monoisotopic (exact) mass is 542 g/mol. The summed E-state index contributed by atoms with van der Waals surface area (Å²) in [4.78, 5) is 44.1. The Hall–Kier alpha value is -4.50. The van der Waals surface area contributed by atoms with Gasteiger partial charge in [0.2, 0.25) is 0 Å². The van der Waals surface area contributed by atoms with E-state index in [4.69, 9.17) is 14.2 Å². The van der Waals surface area contributed by atoms with Gasteiger partial charge < -0.3 is 14.2 Å². The van der Waals surface area contributed by atoms with E-state index in [9.17, 15) is 14.4 Å². The largest absolute Gasteiger partial charge is 0.496 e. The lowest BCUT2D eigenvalue weighted by molar-refractivity contribution is -0.139.